The summed E-state index contributed by atoms with van der Waals surface area (Å²) in [5, 5.41) is 12.6. The second-order valence-corrected chi connectivity index (χ2v) is 6.27. The molecule has 1 aromatic rings. The first-order chi connectivity index (χ1) is 7.57. The Balaban J connectivity index is 1.92. The lowest BCUT2D eigenvalue weighted by Crippen LogP contribution is -2.38. The summed E-state index contributed by atoms with van der Waals surface area (Å²) in [5.74, 6) is -0.0968. The summed E-state index contributed by atoms with van der Waals surface area (Å²) in [5.41, 5.74) is 1.08. The second-order valence-electron chi connectivity index (χ2n) is 4.12. The van der Waals surface area contributed by atoms with Crippen molar-refractivity contribution in [2.45, 2.75) is 18.7 Å². The molecule has 1 saturated heterocycles. The van der Waals surface area contributed by atoms with Crippen molar-refractivity contribution in [1.29, 1.82) is 0 Å². The van der Waals surface area contributed by atoms with Gasteiger partial charge in [-0.05, 0) is 5.56 Å². The van der Waals surface area contributed by atoms with Crippen molar-refractivity contribution >= 4 is 9.84 Å². The zero-order valence-corrected chi connectivity index (χ0v) is 9.65. The van der Waals surface area contributed by atoms with Crippen molar-refractivity contribution < 1.29 is 13.5 Å². The van der Waals surface area contributed by atoms with Gasteiger partial charge in [-0.25, -0.2) is 8.42 Å². The maximum atomic E-state index is 11.3. The molecule has 1 aliphatic heterocycles. The van der Waals surface area contributed by atoms with E-state index in [9.17, 15) is 13.5 Å². The van der Waals surface area contributed by atoms with Crippen LogP contribution in [0.5, 0.6) is 0 Å². The Kier molecular flexibility index (Phi) is 3.28. The minimum absolute atomic E-state index is 0.0288. The molecule has 2 rings (SSSR count). The van der Waals surface area contributed by atoms with E-state index in [-0.39, 0.29) is 17.5 Å². The predicted octanol–water partition coefficient (Wildman–Crippen LogP) is -0.0659. The topological polar surface area (TPSA) is 66.4 Å². The highest BCUT2D eigenvalue weighted by Gasteiger charge is 2.35. The van der Waals surface area contributed by atoms with E-state index < -0.39 is 15.9 Å². The largest absolute Gasteiger partial charge is 0.390 e. The number of rotatable bonds is 3. The fraction of sp³-hybridized carbons (Fsp3) is 0.455. The quantitative estimate of drug-likeness (QED) is 0.777. The molecule has 16 heavy (non-hydrogen) atoms. The number of nitrogens with one attached hydrogen (secondary N) is 1. The summed E-state index contributed by atoms with van der Waals surface area (Å²) in [6, 6.07) is 9.37. The molecule has 0 amide bonds. The molecule has 0 aliphatic carbocycles. The van der Waals surface area contributed by atoms with Crippen LogP contribution in [0.15, 0.2) is 30.3 Å². The van der Waals surface area contributed by atoms with E-state index in [1.807, 2.05) is 30.3 Å². The van der Waals surface area contributed by atoms with Gasteiger partial charge in [-0.15, -0.1) is 0 Å². The molecule has 0 spiro atoms. The van der Waals surface area contributed by atoms with Crippen LogP contribution in [0.2, 0.25) is 0 Å². The molecule has 1 aromatic carbocycles. The fourth-order valence-corrected chi connectivity index (χ4v) is 3.64. The zero-order valence-electron chi connectivity index (χ0n) is 8.83. The summed E-state index contributed by atoms with van der Waals surface area (Å²) in [6.45, 7) is 0.581. The standard InChI is InChI=1S/C11H15NO3S/c13-11-8-16(14,15)7-10(11)12-6-9-4-2-1-3-5-9/h1-5,10-13H,6-8H2/t10-,11+/m1/s1. The van der Waals surface area contributed by atoms with E-state index >= 15 is 0 Å². The van der Waals surface area contributed by atoms with Gasteiger partial charge >= 0.3 is 0 Å². The second kappa shape index (κ2) is 4.53. The van der Waals surface area contributed by atoms with E-state index in [1.165, 1.54) is 0 Å². The lowest BCUT2D eigenvalue weighted by molar-refractivity contribution is 0.165. The fourth-order valence-electron chi connectivity index (χ4n) is 1.87. The number of hydrogen-bond donors (Lipinski definition) is 2. The lowest BCUT2D eigenvalue weighted by atomic mass is 10.2. The molecule has 5 heteroatoms. The molecule has 0 aromatic heterocycles. The van der Waals surface area contributed by atoms with Crippen LogP contribution in [0.4, 0.5) is 0 Å². The van der Waals surface area contributed by atoms with E-state index in [0.29, 0.717) is 6.54 Å². The summed E-state index contributed by atoms with van der Waals surface area (Å²) >= 11 is 0. The highest BCUT2D eigenvalue weighted by molar-refractivity contribution is 7.91. The molecule has 0 radical (unpaired) electrons. The van der Waals surface area contributed by atoms with Gasteiger partial charge in [0.25, 0.3) is 0 Å². The summed E-state index contributed by atoms with van der Waals surface area (Å²) < 4.78 is 22.5. The minimum Gasteiger partial charge on any atom is -0.390 e. The Morgan fingerprint density at radius 2 is 1.94 bits per heavy atom. The Hall–Kier alpha value is -0.910. The average molecular weight is 241 g/mol. The Bertz CT molecular complexity index is 444. The van der Waals surface area contributed by atoms with E-state index in [1.54, 1.807) is 0 Å². The van der Waals surface area contributed by atoms with Crippen molar-refractivity contribution in [3.05, 3.63) is 35.9 Å². The molecule has 0 unspecified atom stereocenters. The Labute approximate surface area is 95.2 Å². The first-order valence-corrected chi connectivity index (χ1v) is 7.05. The van der Waals surface area contributed by atoms with Crippen molar-refractivity contribution in [1.82, 2.24) is 5.32 Å². The molecule has 0 bridgehead atoms. The van der Waals surface area contributed by atoms with Crippen LogP contribution in [-0.4, -0.2) is 37.2 Å². The van der Waals surface area contributed by atoms with Crippen LogP contribution >= 0.6 is 0 Å². The van der Waals surface area contributed by atoms with Crippen LogP contribution in [0.3, 0.4) is 0 Å². The molecule has 1 fully saturated rings. The maximum Gasteiger partial charge on any atom is 0.154 e. The molecule has 1 heterocycles. The Morgan fingerprint density at radius 3 is 2.50 bits per heavy atom. The van der Waals surface area contributed by atoms with Crippen molar-refractivity contribution in [3.63, 3.8) is 0 Å². The smallest absolute Gasteiger partial charge is 0.154 e. The number of sulfone groups is 1. The molecule has 1 aliphatic rings. The first-order valence-electron chi connectivity index (χ1n) is 5.23. The number of aliphatic hydroxyl groups excluding tert-OH is 1. The highest BCUT2D eigenvalue weighted by atomic mass is 32.2. The Morgan fingerprint density at radius 1 is 1.25 bits per heavy atom. The summed E-state index contributed by atoms with van der Waals surface area (Å²) in [4.78, 5) is 0. The summed E-state index contributed by atoms with van der Waals surface area (Å²) in [7, 11) is -3.06. The van der Waals surface area contributed by atoms with Gasteiger partial charge in [0.15, 0.2) is 9.84 Å². The van der Waals surface area contributed by atoms with Crippen LogP contribution in [0, 0.1) is 0 Å². The van der Waals surface area contributed by atoms with Gasteiger partial charge in [-0.1, -0.05) is 30.3 Å². The van der Waals surface area contributed by atoms with Gasteiger partial charge in [0.1, 0.15) is 0 Å². The van der Waals surface area contributed by atoms with Crippen LogP contribution in [0.1, 0.15) is 5.56 Å². The van der Waals surface area contributed by atoms with Crippen molar-refractivity contribution in [2.75, 3.05) is 11.5 Å². The number of hydrogen-bond acceptors (Lipinski definition) is 4. The van der Waals surface area contributed by atoms with Crippen molar-refractivity contribution in [3.8, 4) is 0 Å². The van der Waals surface area contributed by atoms with Gasteiger partial charge in [-0.2, -0.15) is 0 Å². The van der Waals surface area contributed by atoms with Gasteiger partial charge in [0.05, 0.1) is 17.6 Å². The molecule has 88 valence electrons. The number of benzene rings is 1. The molecule has 0 saturated carbocycles. The maximum absolute atomic E-state index is 11.3. The van der Waals surface area contributed by atoms with E-state index in [0.717, 1.165) is 5.56 Å². The molecular formula is C11H15NO3S. The molecule has 4 nitrogen and oxygen atoms in total. The van der Waals surface area contributed by atoms with Crippen LogP contribution in [-0.2, 0) is 16.4 Å². The highest BCUT2D eigenvalue weighted by Crippen LogP contribution is 2.13. The van der Waals surface area contributed by atoms with Crippen LogP contribution < -0.4 is 5.32 Å². The SMILES string of the molecule is O=S1(=O)C[C@H](O)[C@H](NCc2ccccc2)C1. The van der Waals surface area contributed by atoms with Gasteiger partial charge in [-0.3, -0.25) is 0 Å². The van der Waals surface area contributed by atoms with Gasteiger partial charge in [0.2, 0.25) is 0 Å². The minimum atomic E-state index is -3.06. The molecular weight excluding hydrogens is 226 g/mol. The normalized spacial score (nSPS) is 28.1. The van der Waals surface area contributed by atoms with Crippen LogP contribution in [0.25, 0.3) is 0 Å². The average Bonchev–Trinajstić information content (AvgIpc) is 2.50. The molecule has 2 atom stereocenters. The van der Waals surface area contributed by atoms with Gasteiger partial charge < -0.3 is 10.4 Å². The third-order valence-electron chi connectivity index (χ3n) is 2.73. The van der Waals surface area contributed by atoms with E-state index in [4.69, 9.17) is 0 Å². The third kappa shape index (κ3) is 2.81. The predicted molar refractivity (Wildman–Crippen MR) is 61.7 cm³/mol. The van der Waals surface area contributed by atoms with E-state index in [2.05, 4.69) is 5.32 Å². The van der Waals surface area contributed by atoms with Gasteiger partial charge in [0, 0.05) is 12.6 Å². The van der Waals surface area contributed by atoms with Crippen molar-refractivity contribution in [2.24, 2.45) is 0 Å². The summed E-state index contributed by atoms with van der Waals surface area (Å²) in [6.07, 6.45) is -0.784. The third-order valence-corrected chi connectivity index (χ3v) is 4.45. The number of aliphatic hydroxyl groups is 1. The molecule has 2 N–H and O–H groups in total. The first kappa shape index (κ1) is 11.6. The monoisotopic (exact) mass is 241 g/mol. The lowest BCUT2D eigenvalue weighted by Gasteiger charge is -2.14. The zero-order chi connectivity index (χ0) is 11.6.